The van der Waals surface area contributed by atoms with E-state index >= 15 is 0 Å². The number of hydrogen-bond acceptors (Lipinski definition) is 6. The fraction of sp³-hybridized carbons (Fsp3) is 0.940. The molecule has 0 saturated heterocycles. The van der Waals surface area contributed by atoms with Gasteiger partial charge in [-0.2, -0.15) is 0 Å². The largest absolute Gasteiger partial charge is 0.472 e. The van der Waals surface area contributed by atoms with Crippen molar-refractivity contribution in [1.82, 2.24) is 5.32 Å². The number of unbranched alkanes of at least 4 members (excludes halogenated alkanes) is 37. The van der Waals surface area contributed by atoms with Crippen LogP contribution < -0.4 is 11.1 Å². The topological polar surface area (TPSA) is 131 Å². The number of hydrogen-bond donors (Lipinski definition) is 4. The first-order valence-corrected chi connectivity index (χ1v) is 27.3. The second-order valence-corrected chi connectivity index (χ2v) is 19.2. The summed E-state index contributed by atoms with van der Waals surface area (Å²) in [7, 11) is -4.34. The monoisotopic (exact) mass is 857 g/mol. The molecule has 1 unspecified atom stereocenters. The smallest absolute Gasteiger partial charge is 0.387 e. The van der Waals surface area contributed by atoms with Crippen LogP contribution in [0.1, 0.15) is 271 Å². The molecule has 0 aliphatic carbocycles. The zero-order chi connectivity index (χ0) is 43.2. The average Bonchev–Trinajstić information content (AvgIpc) is 3.22. The number of aliphatic hydroxyl groups excluding tert-OH is 1. The lowest BCUT2D eigenvalue weighted by Crippen LogP contribution is -2.45. The maximum absolute atomic E-state index is 12.8. The van der Waals surface area contributed by atoms with Crippen LogP contribution in [0.4, 0.5) is 0 Å². The Balaban J connectivity index is 4.03. The fourth-order valence-corrected chi connectivity index (χ4v) is 8.72. The van der Waals surface area contributed by atoms with Crippen LogP contribution in [-0.4, -0.2) is 47.8 Å². The maximum atomic E-state index is 12.8. The van der Waals surface area contributed by atoms with E-state index in [1.54, 1.807) is 6.08 Å². The summed E-state index contributed by atoms with van der Waals surface area (Å²) in [4.78, 5) is 22.8. The van der Waals surface area contributed by atoms with E-state index in [1.807, 2.05) is 6.08 Å². The summed E-state index contributed by atoms with van der Waals surface area (Å²) in [5, 5.41) is 13.7. The summed E-state index contributed by atoms with van der Waals surface area (Å²) in [6.45, 7) is 4.18. The minimum atomic E-state index is -4.34. The SMILES string of the molecule is CCCCCCCCCCCCCCCCC/C=C/[C@@H](O)[C@H](COP(=O)(O)OCCN)NC(=O)CCCCCCCCCCCCCCCCCCCCCCCCC. The van der Waals surface area contributed by atoms with Crippen LogP contribution >= 0.6 is 7.82 Å². The number of allylic oxidation sites excluding steroid dienone is 1. The van der Waals surface area contributed by atoms with Crippen molar-refractivity contribution in [3.8, 4) is 0 Å². The van der Waals surface area contributed by atoms with Gasteiger partial charge in [0, 0.05) is 13.0 Å². The van der Waals surface area contributed by atoms with Gasteiger partial charge in [-0.1, -0.05) is 257 Å². The normalized spacial score (nSPS) is 13.9. The van der Waals surface area contributed by atoms with Crippen molar-refractivity contribution in [2.24, 2.45) is 5.73 Å². The van der Waals surface area contributed by atoms with Crippen molar-refractivity contribution in [2.75, 3.05) is 19.8 Å². The number of phosphoric ester groups is 1. The van der Waals surface area contributed by atoms with E-state index in [2.05, 4.69) is 19.2 Å². The molecule has 0 aromatic carbocycles. The van der Waals surface area contributed by atoms with E-state index in [-0.39, 0.29) is 25.7 Å². The van der Waals surface area contributed by atoms with E-state index < -0.39 is 20.0 Å². The molecule has 0 aromatic rings. The molecule has 0 heterocycles. The van der Waals surface area contributed by atoms with Crippen LogP contribution in [0.3, 0.4) is 0 Å². The molecule has 1 amide bonds. The fourth-order valence-electron chi connectivity index (χ4n) is 7.96. The summed E-state index contributed by atoms with van der Waals surface area (Å²) < 4.78 is 22.2. The molecular formula is C50H101N2O6P. The number of rotatable bonds is 49. The van der Waals surface area contributed by atoms with Crippen LogP contribution in [0, 0.1) is 0 Å². The van der Waals surface area contributed by atoms with Crippen LogP contribution in [0.15, 0.2) is 12.2 Å². The van der Waals surface area contributed by atoms with Crippen molar-refractivity contribution < 1.29 is 28.4 Å². The van der Waals surface area contributed by atoms with Gasteiger partial charge >= 0.3 is 7.82 Å². The van der Waals surface area contributed by atoms with Gasteiger partial charge in [-0.3, -0.25) is 13.8 Å². The third kappa shape index (κ3) is 45.1. The number of nitrogens with one attached hydrogen (secondary N) is 1. The molecule has 352 valence electrons. The first-order valence-electron chi connectivity index (χ1n) is 25.8. The highest BCUT2D eigenvalue weighted by Gasteiger charge is 2.26. The maximum Gasteiger partial charge on any atom is 0.472 e. The minimum absolute atomic E-state index is 0.0817. The van der Waals surface area contributed by atoms with Gasteiger partial charge in [-0.25, -0.2) is 4.57 Å². The van der Waals surface area contributed by atoms with Crippen molar-refractivity contribution in [1.29, 1.82) is 0 Å². The molecule has 0 aromatic heterocycles. The lowest BCUT2D eigenvalue weighted by Gasteiger charge is -2.23. The van der Waals surface area contributed by atoms with Crippen molar-refractivity contribution in [3.05, 3.63) is 12.2 Å². The van der Waals surface area contributed by atoms with Crippen LogP contribution in [0.2, 0.25) is 0 Å². The Morgan fingerprint density at radius 3 is 1.20 bits per heavy atom. The van der Waals surface area contributed by atoms with Gasteiger partial charge in [0.15, 0.2) is 0 Å². The highest BCUT2D eigenvalue weighted by Crippen LogP contribution is 2.43. The zero-order valence-electron chi connectivity index (χ0n) is 39.3. The van der Waals surface area contributed by atoms with Gasteiger partial charge in [0.1, 0.15) is 0 Å². The van der Waals surface area contributed by atoms with Gasteiger partial charge in [0.2, 0.25) is 5.91 Å². The van der Waals surface area contributed by atoms with Crippen molar-refractivity contribution in [3.63, 3.8) is 0 Å². The summed E-state index contributed by atoms with van der Waals surface area (Å²) in [5.41, 5.74) is 5.39. The van der Waals surface area contributed by atoms with Crippen LogP contribution in [0.5, 0.6) is 0 Å². The quantitative estimate of drug-likeness (QED) is 0.0272. The molecule has 59 heavy (non-hydrogen) atoms. The Hall–Kier alpha value is -0.760. The standard InChI is InChI=1S/C50H101N2O6P/c1-3-5-7-9-11-13-15-17-19-21-22-23-24-25-26-28-30-32-34-36-38-40-42-44-50(54)52-48(47-58-59(55,56)57-46-45-51)49(53)43-41-39-37-35-33-31-29-27-20-18-16-14-12-10-8-6-4-2/h41,43,48-49,53H,3-40,42,44-47,51H2,1-2H3,(H,52,54)(H,55,56)/b43-41+/t48-,49+/m0/s1. The Bertz CT molecular complexity index is 937. The third-order valence-corrected chi connectivity index (χ3v) is 12.8. The molecular weight excluding hydrogens is 756 g/mol. The van der Waals surface area contributed by atoms with E-state index in [0.717, 1.165) is 38.5 Å². The van der Waals surface area contributed by atoms with E-state index in [0.29, 0.717) is 6.42 Å². The predicted molar refractivity (Wildman–Crippen MR) is 254 cm³/mol. The van der Waals surface area contributed by atoms with Crippen LogP contribution in [0.25, 0.3) is 0 Å². The number of aliphatic hydroxyl groups is 1. The van der Waals surface area contributed by atoms with E-state index in [4.69, 9.17) is 14.8 Å². The van der Waals surface area contributed by atoms with E-state index in [1.165, 1.54) is 212 Å². The molecule has 0 aliphatic heterocycles. The molecule has 3 atom stereocenters. The third-order valence-electron chi connectivity index (χ3n) is 11.9. The molecule has 0 bridgehead atoms. The molecule has 0 aliphatic rings. The molecule has 0 saturated carbocycles. The van der Waals surface area contributed by atoms with Gasteiger partial charge in [0.25, 0.3) is 0 Å². The van der Waals surface area contributed by atoms with Crippen molar-refractivity contribution in [2.45, 2.75) is 283 Å². The Morgan fingerprint density at radius 1 is 0.542 bits per heavy atom. The molecule has 0 radical (unpaired) electrons. The highest BCUT2D eigenvalue weighted by atomic mass is 31.2. The molecule has 8 nitrogen and oxygen atoms in total. The lowest BCUT2D eigenvalue weighted by atomic mass is 10.0. The molecule has 0 spiro atoms. The molecule has 0 rings (SSSR count). The summed E-state index contributed by atoms with van der Waals surface area (Å²) >= 11 is 0. The summed E-state index contributed by atoms with van der Waals surface area (Å²) in [5.74, 6) is -0.187. The number of carbonyl (C=O) groups is 1. The second-order valence-electron chi connectivity index (χ2n) is 17.7. The lowest BCUT2D eigenvalue weighted by molar-refractivity contribution is -0.123. The van der Waals surface area contributed by atoms with Gasteiger partial charge in [0.05, 0.1) is 25.4 Å². The Labute approximate surface area is 366 Å². The number of carbonyl (C=O) groups excluding carboxylic acids is 1. The van der Waals surface area contributed by atoms with Gasteiger partial charge in [-0.05, 0) is 19.3 Å². The molecule has 5 N–H and O–H groups in total. The Morgan fingerprint density at radius 2 is 0.864 bits per heavy atom. The first kappa shape index (κ1) is 58.2. The number of nitrogens with two attached hydrogens (primary N) is 1. The van der Waals surface area contributed by atoms with Gasteiger partial charge in [-0.15, -0.1) is 0 Å². The van der Waals surface area contributed by atoms with Gasteiger partial charge < -0.3 is 21.1 Å². The highest BCUT2D eigenvalue weighted by molar-refractivity contribution is 7.47. The first-order chi connectivity index (χ1) is 28.9. The van der Waals surface area contributed by atoms with Crippen molar-refractivity contribution >= 4 is 13.7 Å². The summed E-state index contributed by atoms with van der Waals surface area (Å²) in [6, 6.07) is -0.855. The van der Waals surface area contributed by atoms with Crippen LogP contribution in [-0.2, 0) is 18.4 Å². The molecule has 9 heteroatoms. The summed E-state index contributed by atoms with van der Waals surface area (Å²) in [6.07, 6.45) is 54.2. The molecule has 0 fully saturated rings. The Kier molecular flexibility index (Phi) is 46.1. The number of phosphoric acid groups is 1. The minimum Gasteiger partial charge on any atom is -0.387 e. The van der Waals surface area contributed by atoms with E-state index in [9.17, 15) is 19.4 Å². The predicted octanol–water partition coefficient (Wildman–Crippen LogP) is 15.1. The number of amides is 1. The second kappa shape index (κ2) is 46.7. The zero-order valence-corrected chi connectivity index (χ0v) is 40.2. The average molecular weight is 857 g/mol.